The van der Waals surface area contributed by atoms with E-state index in [0.29, 0.717) is 25.6 Å². The van der Waals surface area contributed by atoms with E-state index in [1.54, 1.807) is 4.31 Å². The van der Waals surface area contributed by atoms with Crippen molar-refractivity contribution in [2.24, 2.45) is 11.7 Å². The van der Waals surface area contributed by atoms with Gasteiger partial charge in [-0.05, 0) is 30.9 Å². The van der Waals surface area contributed by atoms with Crippen LogP contribution in [-0.2, 0) is 23.1 Å². The van der Waals surface area contributed by atoms with Crippen LogP contribution < -0.4 is 5.73 Å². The summed E-state index contributed by atoms with van der Waals surface area (Å²) in [5, 5.41) is 0. The Morgan fingerprint density at radius 3 is 2.94 bits per heavy atom. The second-order valence-electron chi connectivity index (χ2n) is 4.99. The van der Waals surface area contributed by atoms with Crippen molar-refractivity contribution in [2.75, 3.05) is 19.3 Å². The van der Waals surface area contributed by atoms with E-state index in [9.17, 15) is 8.42 Å². The highest BCUT2D eigenvalue weighted by Gasteiger charge is 2.26. The van der Waals surface area contributed by atoms with Gasteiger partial charge in [0.1, 0.15) is 0 Å². The van der Waals surface area contributed by atoms with Crippen molar-refractivity contribution >= 4 is 10.0 Å². The van der Waals surface area contributed by atoms with Gasteiger partial charge >= 0.3 is 0 Å². The minimum absolute atomic E-state index is 0.381. The van der Waals surface area contributed by atoms with E-state index in [2.05, 4.69) is 4.57 Å². The highest BCUT2D eigenvalue weighted by Crippen LogP contribution is 2.21. The monoisotopic (exact) mass is 271 g/mol. The molecule has 1 atom stereocenters. The molecule has 2 N–H and O–H groups in total. The summed E-state index contributed by atoms with van der Waals surface area (Å²) in [6.07, 6.45) is 5.32. The van der Waals surface area contributed by atoms with Gasteiger partial charge in [-0.3, -0.25) is 0 Å². The van der Waals surface area contributed by atoms with Gasteiger partial charge in [0.05, 0.1) is 6.26 Å². The molecule has 2 rings (SSSR count). The molecule has 18 heavy (non-hydrogen) atoms. The molecule has 0 spiro atoms. The molecule has 102 valence electrons. The van der Waals surface area contributed by atoms with Crippen molar-refractivity contribution in [1.29, 1.82) is 0 Å². The third-order valence-electron chi connectivity index (χ3n) is 3.54. The molecule has 1 aliphatic heterocycles. The Morgan fingerprint density at radius 2 is 2.28 bits per heavy atom. The molecule has 2 heterocycles. The molecular weight excluding hydrogens is 250 g/mol. The Labute approximate surface area is 109 Å². The van der Waals surface area contributed by atoms with Gasteiger partial charge in [-0.15, -0.1) is 0 Å². The lowest BCUT2D eigenvalue weighted by Gasteiger charge is -2.31. The number of nitrogens with two attached hydrogens (primary N) is 1. The van der Waals surface area contributed by atoms with Crippen LogP contribution in [0.15, 0.2) is 18.3 Å². The quantitative estimate of drug-likeness (QED) is 0.873. The van der Waals surface area contributed by atoms with Crippen LogP contribution >= 0.6 is 0 Å². The van der Waals surface area contributed by atoms with Gasteiger partial charge in [-0.25, -0.2) is 12.7 Å². The van der Waals surface area contributed by atoms with Gasteiger partial charge in [-0.2, -0.15) is 0 Å². The number of piperidine rings is 1. The van der Waals surface area contributed by atoms with Crippen LogP contribution in [0, 0.1) is 5.92 Å². The molecule has 1 saturated heterocycles. The van der Waals surface area contributed by atoms with Crippen molar-refractivity contribution in [2.45, 2.75) is 25.9 Å². The molecule has 1 aromatic heterocycles. The molecule has 1 aromatic rings. The predicted molar refractivity (Wildman–Crippen MR) is 71.5 cm³/mol. The van der Waals surface area contributed by atoms with Crippen LogP contribution in [0.4, 0.5) is 0 Å². The Bertz CT molecular complexity index is 495. The van der Waals surface area contributed by atoms with Crippen LogP contribution in [0.25, 0.3) is 0 Å². The molecular formula is C12H21N3O2S. The second-order valence-corrected chi connectivity index (χ2v) is 6.97. The van der Waals surface area contributed by atoms with Crippen LogP contribution in [0.1, 0.15) is 18.5 Å². The Morgan fingerprint density at radius 1 is 1.50 bits per heavy atom. The van der Waals surface area contributed by atoms with Gasteiger partial charge in [0.25, 0.3) is 0 Å². The van der Waals surface area contributed by atoms with Gasteiger partial charge in [0, 0.05) is 38.1 Å². The van der Waals surface area contributed by atoms with E-state index in [4.69, 9.17) is 5.73 Å². The summed E-state index contributed by atoms with van der Waals surface area (Å²) in [5.74, 6) is 0.381. The molecule has 1 fully saturated rings. The summed E-state index contributed by atoms with van der Waals surface area (Å²) in [5.41, 5.74) is 6.77. The smallest absolute Gasteiger partial charge is 0.211 e. The van der Waals surface area contributed by atoms with E-state index in [-0.39, 0.29) is 0 Å². The Kier molecular flexibility index (Phi) is 4.09. The first-order valence-electron chi connectivity index (χ1n) is 6.30. The Balaban J connectivity index is 2.02. The van der Waals surface area contributed by atoms with Gasteiger partial charge in [0.15, 0.2) is 0 Å². The van der Waals surface area contributed by atoms with Crippen molar-refractivity contribution in [3.05, 3.63) is 24.0 Å². The van der Waals surface area contributed by atoms with Gasteiger partial charge < -0.3 is 10.3 Å². The first-order chi connectivity index (χ1) is 8.50. The molecule has 6 heteroatoms. The number of hydrogen-bond donors (Lipinski definition) is 1. The molecule has 0 aromatic carbocycles. The van der Waals surface area contributed by atoms with Gasteiger partial charge in [0.2, 0.25) is 10.0 Å². The van der Waals surface area contributed by atoms with Crippen LogP contribution in [0.3, 0.4) is 0 Å². The van der Waals surface area contributed by atoms with Crippen LogP contribution in [-0.4, -0.2) is 36.6 Å². The minimum atomic E-state index is -3.05. The van der Waals surface area contributed by atoms with E-state index in [1.165, 1.54) is 6.26 Å². The fraction of sp³-hybridized carbons (Fsp3) is 0.667. The lowest BCUT2D eigenvalue weighted by atomic mass is 9.99. The standard InChI is InChI=1S/C12H21N3O2S/c1-18(16,17)15-7-2-4-11(10-15)9-14-6-3-5-12(14)8-13/h3,5-6,11H,2,4,7-10,13H2,1H3. The lowest BCUT2D eigenvalue weighted by Crippen LogP contribution is -2.40. The molecule has 1 aliphatic rings. The second kappa shape index (κ2) is 5.42. The summed E-state index contributed by atoms with van der Waals surface area (Å²) < 4.78 is 26.8. The topological polar surface area (TPSA) is 68.3 Å². The maximum Gasteiger partial charge on any atom is 0.211 e. The number of hydrogen-bond acceptors (Lipinski definition) is 3. The summed E-state index contributed by atoms with van der Waals surface area (Å²) >= 11 is 0. The van der Waals surface area contributed by atoms with E-state index in [1.807, 2.05) is 18.3 Å². The van der Waals surface area contributed by atoms with Crippen LogP contribution in [0.2, 0.25) is 0 Å². The summed E-state index contributed by atoms with van der Waals surface area (Å²) in [6.45, 7) is 2.66. The molecule has 0 bridgehead atoms. The third-order valence-corrected chi connectivity index (χ3v) is 4.81. The van der Waals surface area contributed by atoms with E-state index >= 15 is 0 Å². The maximum atomic E-state index is 11.6. The molecule has 0 amide bonds. The van der Waals surface area contributed by atoms with Crippen molar-refractivity contribution in [3.8, 4) is 0 Å². The average Bonchev–Trinajstić information content (AvgIpc) is 2.75. The Hall–Kier alpha value is -0.850. The third kappa shape index (κ3) is 3.13. The fourth-order valence-electron chi connectivity index (χ4n) is 2.57. The molecule has 0 radical (unpaired) electrons. The highest BCUT2D eigenvalue weighted by atomic mass is 32.2. The lowest BCUT2D eigenvalue weighted by molar-refractivity contribution is 0.245. The van der Waals surface area contributed by atoms with Crippen LogP contribution in [0.5, 0.6) is 0 Å². The number of sulfonamides is 1. The molecule has 0 saturated carbocycles. The summed E-state index contributed by atoms with van der Waals surface area (Å²) in [4.78, 5) is 0. The van der Waals surface area contributed by atoms with Crippen molar-refractivity contribution in [1.82, 2.24) is 8.87 Å². The minimum Gasteiger partial charge on any atom is -0.350 e. The zero-order valence-electron chi connectivity index (χ0n) is 10.7. The zero-order chi connectivity index (χ0) is 13.2. The first kappa shape index (κ1) is 13.6. The fourth-order valence-corrected chi connectivity index (χ4v) is 3.51. The SMILES string of the molecule is CS(=O)(=O)N1CCCC(Cn2cccc2CN)C1. The first-order valence-corrected chi connectivity index (χ1v) is 8.14. The maximum absolute atomic E-state index is 11.6. The van der Waals surface area contributed by atoms with E-state index < -0.39 is 10.0 Å². The van der Waals surface area contributed by atoms with Crippen molar-refractivity contribution in [3.63, 3.8) is 0 Å². The highest BCUT2D eigenvalue weighted by molar-refractivity contribution is 7.88. The van der Waals surface area contributed by atoms with E-state index in [0.717, 1.165) is 25.1 Å². The molecule has 0 aliphatic carbocycles. The summed E-state index contributed by atoms with van der Waals surface area (Å²) in [6, 6.07) is 4.00. The largest absolute Gasteiger partial charge is 0.350 e. The number of rotatable bonds is 4. The normalized spacial score (nSPS) is 22.2. The zero-order valence-corrected chi connectivity index (χ0v) is 11.6. The van der Waals surface area contributed by atoms with Gasteiger partial charge in [-0.1, -0.05) is 0 Å². The number of nitrogens with zero attached hydrogens (tertiary/aromatic N) is 2. The van der Waals surface area contributed by atoms with Crippen molar-refractivity contribution < 1.29 is 8.42 Å². The number of aromatic nitrogens is 1. The average molecular weight is 271 g/mol. The predicted octanol–water partition coefficient (Wildman–Crippen LogP) is 0.618. The molecule has 1 unspecified atom stereocenters. The molecule has 5 nitrogen and oxygen atoms in total. The summed E-state index contributed by atoms with van der Waals surface area (Å²) in [7, 11) is -3.05.